The van der Waals surface area contributed by atoms with E-state index in [9.17, 15) is 12.8 Å². The van der Waals surface area contributed by atoms with Crippen molar-refractivity contribution in [3.8, 4) is 0 Å². The molecule has 0 radical (unpaired) electrons. The Hall–Kier alpha value is -1.80. The highest BCUT2D eigenvalue weighted by Gasteiger charge is 2.34. The van der Waals surface area contributed by atoms with Crippen molar-refractivity contribution in [2.75, 3.05) is 13.1 Å². The Labute approximate surface area is 115 Å². The lowest BCUT2D eigenvalue weighted by Crippen LogP contribution is -2.29. The van der Waals surface area contributed by atoms with Crippen LogP contribution in [0, 0.1) is 5.82 Å². The maximum Gasteiger partial charge on any atom is 0.243 e. The van der Waals surface area contributed by atoms with E-state index < -0.39 is 15.8 Å². The van der Waals surface area contributed by atoms with Crippen LogP contribution in [-0.4, -0.2) is 40.8 Å². The molecule has 2 heterocycles. The third kappa shape index (κ3) is 2.32. The van der Waals surface area contributed by atoms with Gasteiger partial charge in [0.05, 0.1) is 23.3 Å². The topological polar surface area (TPSA) is 68.1 Å². The van der Waals surface area contributed by atoms with E-state index in [4.69, 9.17) is 0 Å². The van der Waals surface area contributed by atoms with Crippen LogP contribution in [0.1, 0.15) is 12.5 Å². The number of aromatic nitrogens is 3. The van der Waals surface area contributed by atoms with Crippen molar-refractivity contribution in [1.29, 1.82) is 0 Å². The number of hydrogen-bond acceptors (Lipinski definition) is 4. The number of sulfonamides is 1. The van der Waals surface area contributed by atoms with Crippen molar-refractivity contribution in [2.24, 2.45) is 0 Å². The molecule has 6 nitrogen and oxygen atoms in total. The molecular weight excluding hydrogens is 283 g/mol. The molecule has 0 N–H and O–H groups in total. The molecular formula is C12H13FN4O2S. The number of nitrogens with zero attached hydrogens (tertiary/aromatic N) is 4. The summed E-state index contributed by atoms with van der Waals surface area (Å²) in [5.74, 6) is -0.560. The van der Waals surface area contributed by atoms with Gasteiger partial charge in [-0.3, -0.25) is 0 Å². The Morgan fingerprint density at radius 3 is 2.70 bits per heavy atom. The monoisotopic (exact) mass is 296 g/mol. The van der Waals surface area contributed by atoms with Gasteiger partial charge < -0.3 is 0 Å². The summed E-state index contributed by atoms with van der Waals surface area (Å²) < 4.78 is 39.3. The van der Waals surface area contributed by atoms with E-state index in [1.165, 1.54) is 27.3 Å². The zero-order chi connectivity index (χ0) is 14.2. The Morgan fingerprint density at radius 1 is 1.25 bits per heavy atom. The van der Waals surface area contributed by atoms with Crippen LogP contribution in [0.2, 0.25) is 0 Å². The molecule has 1 atom stereocenters. The van der Waals surface area contributed by atoms with Crippen LogP contribution in [0.15, 0.2) is 41.6 Å². The molecule has 1 aliphatic heterocycles. The van der Waals surface area contributed by atoms with Crippen LogP contribution < -0.4 is 0 Å². The predicted molar refractivity (Wildman–Crippen MR) is 68.8 cm³/mol. The first-order valence-corrected chi connectivity index (χ1v) is 7.63. The van der Waals surface area contributed by atoms with E-state index in [2.05, 4.69) is 10.2 Å². The molecule has 2 aromatic rings. The van der Waals surface area contributed by atoms with Crippen molar-refractivity contribution < 1.29 is 12.8 Å². The van der Waals surface area contributed by atoms with Crippen LogP contribution in [-0.2, 0) is 10.0 Å². The van der Waals surface area contributed by atoms with Crippen molar-refractivity contribution in [1.82, 2.24) is 19.3 Å². The average Bonchev–Trinajstić information content (AvgIpc) is 3.10. The second-order valence-corrected chi connectivity index (χ2v) is 6.55. The van der Waals surface area contributed by atoms with Crippen molar-refractivity contribution in [3.05, 3.63) is 42.5 Å². The molecule has 8 heteroatoms. The van der Waals surface area contributed by atoms with Gasteiger partial charge in [0.15, 0.2) is 0 Å². The van der Waals surface area contributed by atoms with Crippen molar-refractivity contribution in [2.45, 2.75) is 17.4 Å². The summed E-state index contributed by atoms with van der Waals surface area (Å²) in [6.07, 6.45) is 3.76. The van der Waals surface area contributed by atoms with E-state index in [1.807, 2.05) is 0 Å². The van der Waals surface area contributed by atoms with E-state index >= 15 is 0 Å². The summed E-state index contributed by atoms with van der Waals surface area (Å²) in [6.45, 7) is 0.679. The molecule has 0 spiro atoms. The minimum Gasteiger partial charge on any atom is -0.207 e. The first-order chi connectivity index (χ1) is 9.57. The van der Waals surface area contributed by atoms with E-state index in [-0.39, 0.29) is 10.9 Å². The summed E-state index contributed by atoms with van der Waals surface area (Å²) in [5.41, 5.74) is 0. The lowest BCUT2D eigenvalue weighted by Gasteiger charge is -2.16. The van der Waals surface area contributed by atoms with Gasteiger partial charge in [0.1, 0.15) is 5.82 Å². The first-order valence-electron chi connectivity index (χ1n) is 6.19. The molecule has 1 fully saturated rings. The highest BCUT2D eigenvalue weighted by atomic mass is 32.2. The Bertz CT molecular complexity index is 702. The number of hydrogen-bond donors (Lipinski definition) is 0. The normalized spacial score (nSPS) is 20.4. The second kappa shape index (κ2) is 4.95. The van der Waals surface area contributed by atoms with Gasteiger partial charge in [-0.2, -0.15) is 19.3 Å². The Kier molecular flexibility index (Phi) is 3.27. The quantitative estimate of drug-likeness (QED) is 0.849. The first kappa shape index (κ1) is 13.2. The molecule has 1 aromatic carbocycles. The van der Waals surface area contributed by atoms with Crippen LogP contribution >= 0.6 is 0 Å². The number of halogens is 1. The van der Waals surface area contributed by atoms with E-state index in [0.717, 1.165) is 6.07 Å². The molecule has 0 bridgehead atoms. The molecule has 106 valence electrons. The van der Waals surface area contributed by atoms with Gasteiger partial charge in [0.2, 0.25) is 10.0 Å². The molecule has 1 aromatic heterocycles. The Balaban J connectivity index is 1.83. The second-order valence-electron chi connectivity index (χ2n) is 4.61. The summed E-state index contributed by atoms with van der Waals surface area (Å²) >= 11 is 0. The fourth-order valence-corrected chi connectivity index (χ4v) is 3.83. The summed E-state index contributed by atoms with van der Waals surface area (Å²) in [4.78, 5) is 1.49. The lowest BCUT2D eigenvalue weighted by molar-refractivity contribution is 0.402. The molecule has 0 aliphatic carbocycles. The fraction of sp³-hybridized carbons (Fsp3) is 0.333. The van der Waals surface area contributed by atoms with Gasteiger partial charge in [-0.05, 0) is 24.6 Å². The molecule has 1 unspecified atom stereocenters. The van der Waals surface area contributed by atoms with Crippen molar-refractivity contribution in [3.63, 3.8) is 0 Å². The molecule has 3 rings (SSSR count). The molecule has 1 aliphatic rings. The van der Waals surface area contributed by atoms with E-state index in [1.54, 1.807) is 12.4 Å². The maximum absolute atomic E-state index is 13.2. The highest BCUT2D eigenvalue weighted by molar-refractivity contribution is 7.89. The smallest absolute Gasteiger partial charge is 0.207 e. The van der Waals surface area contributed by atoms with Gasteiger partial charge in [-0.25, -0.2) is 12.8 Å². The third-order valence-corrected chi connectivity index (χ3v) is 5.18. The molecule has 0 saturated carbocycles. The SMILES string of the molecule is O=S(=O)(c1cccc(F)c1)N1CCC(n2nccn2)C1. The van der Waals surface area contributed by atoms with Crippen LogP contribution in [0.4, 0.5) is 4.39 Å². The molecule has 0 amide bonds. The van der Waals surface area contributed by atoms with Gasteiger partial charge in [0.25, 0.3) is 0 Å². The Morgan fingerprint density at radius 2 is 2.00 bits per heavy atom. The highest BCUT2D eigenvalue weighted by Crippen LogP contribution is 2.26. The predicted octanol–water partition coefficient (Wildman–Crippen LogP) is 1.05. The maximum atomic E-state index is 13.2. The van der Waals surface area contributed by atoms with Crippen LogP contribution in [0.25, 0.3) is 0 Å². The van der Waals surface area contributed by atoms with Crippen molar-refractivity contribution >= 4 is 10.0 Å². The third-order valence-electron chi connectivity index (χ3n) is 3.32. The standard InChI is InChI=1S/C12H13FN4O2S/c13-10-2-1-3-12(8-10)20(18,19)16-7-4-11(9-16)17-14-5-6-15-17/h1-3,5-6,8,11H,4,7,9H2. The number of rotatable bonds is 3. The summed E-state index contributed by atoms with van der Waals surface area (Å²) in [5, 5.41) is 8.05. The summed E-state index contributed by atoms with van der Waals surface area (Å²) in [7, 11) is -3.66. The lowest BCUT2D eigenvalue weighted by atomic mass is 10.3. The molecule has 1 saturated heterocycles. The largest absolute Gasteiger partial charge is 0.243 e. The number of benzene rings is 1. The van der Waals surface area contributed by atoms with Gasteiger partial charge in [-0.15, -0.1) is 0 Å². The minimum atomic E-state index is -3.66. The van der Waals surface area contributed by atoms with Gasteiger partial charge in [-0.1, -0.05) is 6.07 Å². The zero-order valence-electron chi connectivity index (χ0n) is 10.6. The average molecular weight is 296 g/mol. The zero-order valence-corrected chi connectivity index (χ0v) is 11.4. The van der Waals surface area contributed by atoms with Gasteiger partial charge in [0, 0.05) is 13.1 Å². The fourth-order valence-electron chi connectivity index (χ4n) is 2.31. The minimum absolute atomic E-state index is 0.0217. The van der Waals surface area contributed by atoms with Crippen LogP contribution in [0.3, 0.4) is 0 Å². The molecule has 20 heavy (non-hydrogen) atoms. The van der Waals surface area contributed by atoms with E-state index in [0.29, 0.717) is 19.5 Å². The van der Waals surface area contributed by atoms with Crippen LogP contribution in [0.5, 0.6) is 0 Å². The van der Waals surface area contributed by atoms with Gasteiger partial charge >= 0.3 is 0 Å². The summed E-state index contributed by atoms with van der Waals surface area (Å²) in [6, 6.07) is 4.98.